The Labute approximate surface area is 134 Å². The summed E-state index contributed by atoms with van der Waals surface area (Å²) in [6.07, 6.45) is 3.59. The van der Waals surface area contributed by atoms with Gasteiger partial charge in [-0.15, -0.1) is 0 Å². The molecule has 4 heteroatoms. The minimum absolute atomic E-state index is 0.0740. The monoisotopic (exact) mass is 313 g/mol. The smallest absolute Gasteiger partial charge is 0.224 e. The van der Waals surface area contributed by atoms with E-state index in [4.69, 9.17) is 11.6 Å². The highest BCUT2D eigenvalue weighted by Crippen LogP contribution is 2.13. The summed E-state index contributed by atoms with van der Waals surface area (Å²) in [4.78, 5) is 23.5. The Bertz CT molecular complexity index is 663. The molecule has 2 aromatic carbocycles. The van der Waals surface area contributed by atoms with Crippen LogP contribution in [0.3, 0.4) is 0 Å². The van der Waals surface area contributed by atoms with E-state index in [0.29, 0.717) is 10.7 Å². The van der Waals surface area contributed by atoms with E-state index in [1.165, 1.54) is 6.08 Å². The third-order valence-corrected chi connectivity index (χ3v) is 3.24. The second-order valence-electron chi connectivity index (χ2n) is 4.77. The Morgan fingerprint density at radius 3 is 2.32 bits per heavy atom. The van der Waals surface area contributed by atoms with Crippen molar-refractivity contribution in [3.05, 3.63) is 71.3 Å². The summed E-state index contributed by atoms with van der Waals surface area (Å²) in [7, 11) is 0. The SMILES string of the molecule is O=C(/C=C/c1ccccc1)CCC(=O)Nc1ccc(Cl)cc1. The molecule has 0 aromatic heterocycles. The van der Waals surface area contributed by atoms with Crippen LogP contribution in [0.4, 0.5) is 5.69 Å². The predicted molar refractivity (Wildman–Crippen MR) is 89.8 cm³/mol. The zero-order chi connectivity index (χ0) is 15.8. The molecule has 0 atom stereocenters. The molecule has 22 heavy (non-hydrogen) atoms. The van der Waals surface area contributed by atoms with Gasteiger partial charge in [0.25, 0.3) is 0 Å². The highest BCUT2D eigenvalue weighted by molar-refractivity contribution is 6.30. The second-order valence-corrected chi connectivity index (χ2v) is 5.20. The first-order valence-electron chi connectivity index (χ1n) is 6.95. The molecule has 0 fully saturated rings. The number of ketones is 1. The van der Waals surface area contributed by atoms with Crippen molar-refractivity contribution in [2.24, 2.45) is 0 Å². The van der Waals surface area contributed by atoms with Crippen molar-refractivity contribution >= 4 is 35.1 Å². The normalized spacial score (nSPS) is 10.6. The van der Waals surface area contributed by atoms with Gasteiger partial charge < -0.3 is 5.32 Å². The number of halogens is 1. The number of carbonyl (C=O) groups excluding carboxylic acids is 2. The number of carbonyl (C=O) groups is 2. The van der Waals surface area contributed by atoms with Crippen LogP contribution in [0, 0.1) is 0 Å². The first-order valence-corrected chi connectivity index (χ1v) is 7.33. The largest absolute Gasteiger partial charge is 0.326 e. The lowest BCUT2D eigenvalue weighted by Crippen LogP contribution is -2.12. The lowest BCUT2D eigenvalue weighted by molar-refractivity contribution is -0.120. The molecule has 3 nitrogen and oxygen atoms in total. The molecule has 0 saturated carbocycles. The summed E-state index contributed by atoms with van der Waals surface area (Å²) in [5.41, 5.74) is 1.63. The molecule has 0 unspecified atom stereocenters. The lowest BCUT2D eigenvalue weighted by Gasteiger charge is -2.04. The van der Waals surface area contributed by atoms with Crippen LogP contribution < -0.4 is 5.32 Å². The number of hydrogen-bond donors (Lipinski definition) is 1. The van der Waals surface area contributed by atoms with E-state index in [1.54, 1.807) is 30.3 Å². The van der Waals surface area contributed by atoms with Crippen molar-refractivity contribution in [2.45, 2.75) is 12.8 Å². The first kappa shape index (κ1) is 16.0. The average molecular weight is 314 g/mol. The van der Waals surface area contributed by atoms with E-state index in [0.717, 1.165) is 5.56 Å². The molecule has 0 saturated heterocycles. The van der Waals surface area contributed by atoms with Gasteiger partial charge in [0.1, 0.15) is 0 Å². The molecule has 0 bridgehead atoms. The van der Waals surface area contributed by atoms with Gasteiger partial charge in [-0.2, -0.15) is 0 Å². The van der Waals surface area contributed by atoms with Crippen LogP contribution in [-0.4, -0.2) is 11.7 Å². The van der Waals surface area contributed by atoms with Gasteiger partial charge in [0.2, 0.25) is 5.91 Å². The Kier molecular flexibility index (Phi) is 5.92. The molecule has 0 radical (unpaired) electrons. The van der Waals surface area contributed by atoms with Crippen molar-refractivity contribution in [3.63, 3.8) is 0 Å². The van der Waals surface area contributed by atoms with Crippen LogP contribution in [0.2, 0.25) is 5.02 Å². The minimum Gasteiger partial charge on any atom is -0.326 e. The van der Waals surface area contributed by atoms with E-state index in [2.05, 4.69) is 5.32 Å². The molecule has 0 spiro atoms. The summed E-state index contributed by atoms with van der Waals surface area (Å²) in [6.45, 7) is 0. The molecule has 1 N–H and O–H groups in total. The summed E-state index contributed by atoms with van der Waals surface area (Å²) in [5, 5.41) is 3.33. The van der Waals surface area contributed by atoms with E-state index in [9.17, 15) is 9.59 Å². The van der Waals surface area contributed by atoms with E-state index < -0.39 is 0 Å². The van der Waals surface area contributed by atoms with Gasteiger partial charge in [-0.25, -0.2) is 0 Å². The zero-order valence-corrected chi connectivity index (χ0v) is 12.7. The highest BCUT2D eigenvalue weighted by Gasteiger charge is 2.05. The maximum atomic E-state index is 11.8. The van der Waals surface area contributed by atoms with Crippen molar-refractivity contribution in [1.82, 2.24) is 0 Å². The molecule has 0 aliphatic carbocycles. The molecular weight excluding hydrogens is 298 g/mol. The van der Waals surface area contributed by atoms with Gasteiger partial charge in [0.15, 0.2) is 5.78 Å². The molecule has 0 aliphatic rings. The molecule has 1 amide bonds. The number of allylic oxidation sites excluding steroid dienone is 1. The van der Waals surface area contributed by atoms with Gasteiger partial charge in [-0.05, 0) is 35.9 Å². The number of hydrogen-bond acceptors (Lipinski definition) is 2. The van der Waals surface area contributed by atoms with Crippen LogP contribution in [-0.2, 0) is 9.59 Å². The van der Waals surface area contributed by atoms with E-state index in [-0.39, 0.29) is 24.5 Å². The van der Waals surface area contributed by atoms with Crippen molar-refractivity contribution in [2.75, 3.05) is 5.32 Å². The number of rotatable bonds is 6. The third kappa shape index (κ3) is 5.54. The summed E-state index contributed by atoms with van der Waals surface area (Å²) in [6, 6.07) is 16.4. The third-order valence-electron chi connectivity index (χ3n) is 2.99. The second kappa shape index (κ2) is 8.15. The van der Waals surface area contributed by atoms with Gasteiger partial charge >= 0.3 is 0 Å². The van der Waals surface area contributed by atoms with Gasteiger partial charge in [-0.1, -0.05) is 48.0 Å². The Morgan fingerprint density at radius 1 is 0.955 bits per heavy atom. The highest BCUT2D eigenvalue weighted by atomic mass is 35.5. The fourth-order valence-corrected chi connectivity index (χ4v) is 1.96. The van der Waals surface area contributed by atoms with Crippen molar-refractivity contribution < 1.29 is 9.59 Å². The first-order chi connectivity index (χ1) is 10.6. The summed E-state index contributed by atoms with van der Waals surface area (Å²) < 4.78 is 0. The quantitative estimate of drug-likeness (QED) is 0.806. The van der Waals surface area contributed by atoms with Crippen LogP contribution in [0.15, 0.2) is 60.7 Å². The average Bonchev–Trinajstić information content (AvgIpc) is 2.54. The number of anilines is 1. The van der Waals surface area contributed by atoms with Crippen LogP contribution in [0.25, 0.3) is 6.08 Å². The summed E-state index contributed by atoms with van der Waals surface area (Å²) >= 11 is 5.77. The molecule has 112 valence electrons. The fraction of sp³-hybridized carbons (Fsp3) is 0.111. The van der Waals surface area contributed by atoms with Crippen molar-refractivity contribution in [3.8, 4) is 0 Å². The minimum atomic E-state index is -0.191. The zero-order valence-electron chi connectivity index (χ0n) is 12.0. The Hall–Kier alpha value is -2.39. The van der Waals surface area contributed by atoms with E-state index >= 15 is 0 Å². The van der Waals surface area contributed by atoms with Crippen LogP contribution in [0.1, 0.15) is 18.4 Å². The van der Waals surface area contributed by atoms with Gasteiger partial charge in [0, 0.05) is 23.6 Å². The topological polar surface area (TPSA) is 46.2 Å². The molecule has 0 heterocycles. The molecular formula is C18H16ClNO2. The maximum Gasteiger partial charge on any atom is 0.224 e. The van der Waals surface area contributed by atoms with Crippen LogP contribution >= 0.6 is 11.6 Å². The van der Waals surface area contributed by atoms with Gasteiger partial charge in [-0.3, -0.25) is 9.59 Å². The summed E-state index contributed by atoms with van der Waals surface area (Å²) in [5.74, 6) is -0.265. The van der Waals surface area contributed by atoms with Crippen LogP contribution in [0.5, 0.6) is 0 Å². The Balaban J connectivity index is 1.77. The maximum absolute atomic E-state index is 11.8. The number of benzene rings is 2. The lowest BCUT2D eigenvalue weighted by atomic mass is 10.1. The predicted octanol–water partition coefficient (Wildman–Crippen LogP) is 4.34. The number of nitrogens with one attached hydrogen (secondary N) is 1. The van der Waals surface area contributed by atoms with E-state index in [1.807, 2.05) is 30.3 Å². The number of amides is 1. The molecule has 2 rings (SSSR count). The fourth-order valence-electron chi connectivity index (χ4n) is 1.83. The molecule has 2 aromatic rings. The van der Waals surface area contributed by atoms with Crippen molar-refractivity contribution in [1.29, 1.82) is 0 Å². The molecule has 0 aliphatic heterocycles. The van der Waals surface area contributed by atoms with Gasteiger partial charge in [0.05, 0.1) is 0 Å². The standard InChI is InChI=1S/C18H16ClNO2/c19-15-7-9-16(10-8-15)20-18(22)13-12-17(21)11-6-14-4-2-1-3-5-14/h1-11H,12-13H2,(H,20,22)/b11-6+. The Morgan fingerprint density at radius 2 is 1.64 bits per heavy atom.